The zero-order valence-electron chi connectivity index (χ0n) is 30.3. The Kier molecular flexibility index (Phi) is 15.9. The highest BCUT2D eigenvalue weighted by atomic mass is 35.5. The van der Waals surface area contributed by atoms with Gasteiger partial charge < -0.3 is 9.80 Å². The van der Waals surface area contributed by atoms with Gasteiger partial charge in [-0.25, -0.2) is 26.8 Å². The van der Waals surface area contributed by atoms with Crippen LogP contribution in [0.25, 0.3) is 0 Å². The largest absolute Gasteiger partial charge is 0.343 e. The Hall–Kier alpha value is -3.95. The van der Waals surface area contributed by atoms with E-state index in [4.69, 9.17) is 34.8 Å². The molecule has 0 saturated carbocycles. The average Bonchev–Trinajstić information content (AvgIpc) is 3.09. The van der Waals surface area contributed by atoms with E-state index in [2.05, 4.69) is 19.4 Å². The first-order chi connectivity index (χ1) is 25.0. The van der Waals surface area contributed by atoms with Gasteiger partial charge in [-0.3, -0.25) is 19.0 Å². The number of aryl methyl sites for hydroxylation is 1. The highest BCUT2D eigenvalue weighted by Crippen LogP contribution is 2.27. The molecule has 2 aromatic heterocycles. The highest BCUT2D eigenvalue weighted by Gasteiger charge is 2.21. The highest BCUT2D eigenvalue weighted by molar-refractivity contribution is 7.93. The lowest BCUT2D eigenvalue weighted by Crippen LogP contribution is -2.32. The third-order valence-corrected chi connectivity index (χ3v) is 12.1. The van der Waals surface area contributed by atoms with Crippen molar-refractivity contribution < 1.29 is 26.4 Å². The van der Waals surface area contributed by atoms with Crippen LogP contribution in [0.15, 0.2) is 76.5 Å². The Bertz CT molecular complexity index is 2150. The molecule has 0 unspecified atom stereocenters. The molecule has 2 aromatic carbocycles. The van der Waals surface area contributed by atoms with Gasteiger partial charge in [0.2, 0.25) is 11.8 Å². The number of nitrogens with one attached hydrogen (secondary N) is 2. The van der Waals surface area contributed by atoms with Gasteiger partial charge in [-0.15, -0.1) is 0 Å². The third-order valence-electron chi connectivity index (χ3n) is 8.08. The molecule has 0 aliphatic heterocycles. The predicted molar refractivity (Wildman–Crippen MR) is 211 cm³/mol. The molecule has 0 aliphatic carbocycles. The first-order valence-corrected chi connectivity index (χ1v) is 20.8. The monoisotopic (exact) mass is 824 g/mol. The first-order valence-electron chi connectivity index (χ1n) is 16.7. The Morgan fingerprint density at radius 1 is 0.642 bits per heavy atom. The van der Waals surface area contributed by atoms with Gasteiger partial charge in [-0.1, -0.05) is 53.0 Å². The van der Waals surface area contributed by atoms with Crippen molar-refractivity contribution in [3.63, 3.8) is 0 Å². The van der Waals surface area contributed by atoms with Gasteiger partial charge in [0.05, 0.1) is 44.1 Å². The van der Waals surface area contributed by atoms with Crippen molar-refractivity contribution in [2.24, 2.45) is 0 Å². The van der Waals surface area contributed by atoms with Crippen LogP contribution >= 0.6 is 34.8 Å². The Morgan fingerprint density at radius 3 is 1.81 bits per heavy atom. The van der Waals surface area contributed by atoms with Gasteiger partial charge in [0.25, 0.3) is 20.0 Å². The number of anilines is 2. The smallest absolute Gasteiger partial charge is 0.263 e. The molecule has 2 heterocycles. The SMILES string of the molecule is CCN(CC)C(=O)Cc1cccc(NS(=O)(=O)c2ccc(Cl)c(Cl)c2)n1.CCN(CC)C(=O)Cc1nc(NS(=O)(=O)c2cccc(Cl)c2C)ccc1C. The van der Waals surface area contributed by atoms with Crippen molar-refractivity contribution in [3.05, 3.63) is 104 Å². The van der Waals surface area contributed by atoms with E-state index >= 15 is 0 Å². The van der Waals surface area contributed by atoms with Crippen LogP contribution < -0.4 is 9.44 Å². The Labute approximate surface area is 327 Å². The number of halogens is 3. The van der Waals surface area contributed by atoms with Crippen LogP contribution in [0.5, 0.6) is 0 Å². The molecule has 12 nitrogen and oxygen atoms in total. The van der Waals surface area contributed by atoms with E-state index in [0.717, 1.165) is 5.56 Å². The molecule has 0 aliphatic rings. The molecule has 17 heteroatoms. The lowest BCUT2D eigenvalue weighted by molar-refractivity contribution is -0.131. The maximum Gasteiger partial charge on any atom is 0.263 e. The molecule has 0 radical (unpaired) electrons. The van der Waals surface area contributed by atoms with Crippen LogP contribution in [0.4, 0.5) is 11.6 Å². The second kappa shape index (κ2) is 19.4. The maximum absolute atomic E-state index is 12.7. The molecular formula is C36H43Cl3N6O6S2. The summed E-state index contributed by atoms with van der Waals surface area (Å²) in [4.78, 5) is 36.6. The number of nitrogens with zero attached hydrogens (tertiary/aromatic N) is 4. The van der Waals surface area contributed by atoms with Gasteiger partial charge >= 0.3 is 0 Å². The summed E-state index contributed by atoms with van der Waals surface area (Å²) in [6.07, 6.45) is 0.225. The van der Waals surface area contributed by atoms with E-state index < -0.39 is 20.0 Å². The number of amides is 2. The minimum atomic E-state index is -3.87. The lowest BCUT2D eigenvalue weighted by Gasteiger charge is -2.19. The summed E-state index contributed by atoms with van der Waals surface area (Å²) in [5, 5.41) is 0.780. The van der Waals surface area contributed by atoms with E-state index in [1.54, 1.807) is 53.1 Å². The van der Waals surface area contributed by atoms with Crippen molar-refractivity contribution in [2.45, 2.75) is 64.2 Å². The predicted octanol–water partition coefficient (Wildman–Crippen LogP) is 7.16. The number of sulfonamides is 2. The average molecular weight is 826 g/mol. The Morgan fingerprint density at radius 2 is 1.21 bits per heavy atom. The van der Waals surface area contributed by atoms with Crippen LogP contribution in [0.2, 0.25) is 15.1 Å². The number of rotatable bonds is 14. The number of carbonyl (C=O) groups is 2. The number of likely N-dealkylation sites (N-methyl/N-ethyl adjacent to an activating group) is 2. The van der Waals surface area contributed by atoms with Crippen LogP contribution in [0.1, 0.15) is 50.2 Å². The van der Waals surface area contributed by atoms with E-state index in [-0.39, 0.29) is 56.1 Å². The molecule has 0 spiro atoms. The topological polar surface area (TPSA) is 159 Å². The van der Waals surface area contributed by atoms with Crippen LogP contribution in [-0.4, -0.2) is 74.6 Å². The summed E-state index contributed by atoms with van der Waals surface area (Å²) in [5.41, 5.74) is 2.33. The minimum absolute atomic E-state index is 0.0293. The van der Waals surface area contributed by atoms with E-state index in [1.165, 1.54) is 30.3 Å². The molecule has 0 fully saturated rings. The molecule has 286 valence electrons. The van der Waals surface area contributed by atoms with Gasteiger partial charge in [-0.2, -0.15) is 0 Å². The summed E-state index contributed by atoms with van der Waals surface area (Å²) >= 11 is 17.7. The van der Waals surface area contributed by atoms with Gasteiger partial charge in [0.15, 0.2) is 0 Å². The fraction of sp³-hybridized carbons (Fsp3) is 0.333. The third kappa shape index (κ3) is 12.0. The molecule has 2 amide bonds. The summed E-state index contributed by atoms with van der Waals surface area (Å²) in [5.74, 6) is 0.191. The van der Waals surface area contributed by atoms with E-state index in [9.17, 15) is 26.4 Å². The molecule has 53 heavy (non-hydrogen) atoms. The van der Waals surface area contributed by atoms with Crippen molar-refractivity contribution in [2.75, 3.05) is 35.6 Å². The molecule has 4 rings (SSSR count). The first kappa shape index (κ1) is 43.5. The normalized spacial score (nSPS) is 11.3. The molecule has 4 aromatic rings. The van der Waals surface area contributed by atoms with Crippen LogP contribution in [0.3, 0.4) is 0 Å². The van der Waals surface area contributed by atoms with Crippen LogP contribution in [0, 0.1) is 13.8 Å². The molecule has 2 N–H and O–H groups in total. The second-order valence-electron chi connectivity index (χ2n) is 11.6. The Balaban J connectivity index is 0.000000286. The number of hydrogen-bond donors (Lipinski definition) is 2. The number of hydrogen-bond acceptors (Lipinski definition) is 8. The maximum atomic E-state index is 12.7. The summed E-state index contributed by atoms with van der Waals surface area (Å²) in [6, 6.07) is 16.9. The zero-order valence-corrected chi connectivity index (χ0v) is 34.2. The number of aromatic nitrogens is 2. The number of pyridine rings is 2. The van der Waals surface area contributed by atoms with Gasteiger partial charge in [0, 0.05) is 31.2 Å². The summed E-state index contributed by atoms with van der Waals surface area (Å²) in [7, 11) is -7.72. The fourth-order valence-corrected chi connectivity index (χ4v) is 7.92. The molecule has 0 saturated heterocycles. The molecule has 0 atom stereocenters. The minimum Gasteiger partial charge on any atom is -0.343 e. The van der Waals surface area contributed by atoms with Crippen molar-refractivity contribution in [1.29, 1.82) is 0 Å². The van der Waals surface area contributed by atoms with E-state index in [1.807, 2.05) is 34.6 Å². The van der Waals surface area contributed by atoms with E-state index in [0.29, 0.717) is 48.2 Å². The number of carbonyl (C=O) groups excluding carboxylic acids is 2. The summed E-state index contributed by atoms with van der Waals surface area (Å²) in [6.45, 7) is 13.6. The quantitative estimate of drug-likeness (QED) is 0.136. The summed E-state index contributed by atoms with van der Waals surface area (Å²) < 4.78 is 55.2. The van der Waals surface area contributed by atoms with Crippen LogP contribution in [-0.2, 0) is 42.5 Å². The number of benzene rings is 2. The van der Waals surface area contributed by atoms with Gasteiger partial charge in [0.1, 0.15) is 11.6 Å². The molecular weight excluding hydrogens is 783 g/mol. The lowest BCUT2D eigenvalue weighted by atomic mass is 10.1. The van der Waals surface area contributed by atoms with Gasteiger partial charge in [-0.05, 0) is 101 Å². The standard InChI is InChI=1S/C19H24ClN3O3S.C17H19Cl2N3O3S/c1-5-23(6-2)19(24)12-16-13(3)10-11-18(21-16)22-27(25,26)17-9-7-8-15(20)14(17)4;1-3-22(4-2)17(23)10-12-6-5-7-16(20-12)21-26(24,25)13-8-9-14(18)15(19)11-13/h7-11H,5-6,12H2,1-4H3,(H,21,22);5-9,11H,3-4,10H2,1-2H3,(H,20,21). The van der Waals surface area contributed by atoms with Crippen molar-refractivity contribution >= 4 is 78.3 Å². The van der Waals surface area contributed by atoms with Crippen molar-refractivity contribution in [3.8, 4) is 0 Å². The molecule has 0 bridgehead atoms. The second-order valence-corrected chi connectivity index (χ2v) is 16.2. The zero-order chi connectivity index (χ0) is 39.5. The fourth-order valence-electron chi connectivity index (χ4n) is 5.03. The van der Waals surface area contributed by atoms with Crippen molar-refractivity contribution in [1.82, 2.24) is 19.8 Å².